The molecule has 0 radical (unpaired) electrons. The quantitative estimate of drug-likeness (QED) is 0.419. The standard InChI is InChI=1S/C21H31BrN6O3/c1-29-11-2-12-31-20-18(24-21-23-8-7-19(22)25-21)15-28(26-20)17-5-3-16(4-6-17)27-9-13-30-14-10-27/h7-8,15-17H,2-6,9-14H2,1H3,(H,23,24,25). The van der Waals surface area contributed by atoms with Crippen LogP contribution in [0.3, 0.4) is 0 Å². The fourth-order valence-electron chi connectivity index (χ4n) is 4.27. The summed E-state index contributed by atoms with van der Waals surface area (Å²) in [6.07, 6.45) is 9.13. The van der Waals surface area contributed by atoms with Crippen molar-refractivity contribution < 1.29 is 14.2 Å². The largest absolute Gasteiger partial charge is 0.475 e. The van der Waals surface area contributed by atoms with Crippen molar-refractivity contribution >= 4 is 27.6 Å². The summed E-state index contributed by atoms with van der Waals surface area (Å²) < 4.78 is 19.4. The van der Waals surface area contributed by atoms with Gasteiger partial charge in [-0.2, -0.15) is 0 Å². The maximum Gasteiger partial charge on any atom is 0.256 e. The number of hydrogen-bond donors (Lipinski definition) is 1. The van der Waals surface area contributed by atoms with Gasteiger partial charge in [-0.05, 0) is 47.7 Å². The Morgan fingerprint density at radius 3 is 2.68 bits per heavy atom. The average Bonchev–Trinajstić information content (AvgIpc) is 3.20. The van der Waals surface area contributed by atoms with Gasteiger partial charge in [0.25, 0.3) is 5.88 Å². The Morgan fingerprint density at radius 1 is 1.16 bits per heavy atom. The molecule has 1 N–H and O–H groups in total. The van der Waals surface area contributed by atoms with Crippen molar-refractivity contribution in [2.45, 2.75) is 44.2 Å². The number of nitrogens with one attached hydrogen (secondary N) is 1. The Morgan fingerprint density at radius 2 is 1.94 bits per heavy atom. The van der Waals surface area contributed by atoms with E-state index in [2.05, 4.69) is 40.8 Å². The second-order valence-electron chi connectivity index (χ2n) is 7.96. The van der Waals surface area contributed by atoms with Crippen molar-refractivity contribution in [1.29, 1.82) is 0 Å². The smallest absolute Gasteiger partial charge is 0.256 e. The highest BCUT2D eigenvalue weighted by molar-refractivity contribution is 9.10. The van der Waals surface area contributed by atoms with Crippen LogP contribution in [0.5, 0.6) is 5.88 Å². The molecule has 0 bridgehead atoms. The van der Waals surface area contributed by atoms with Crippen LogP contribution < -0.4 is 10.1 Å². The molecule has 0 unspecified atom stereocenters. The molecule has 2 fully saturated rings. The van der Waals surface area contributed by atoms with E-state index in [1.54, 1.807) is 19.4 Å². The summed E-state index contributed by atoms with van der Waals surface area (Å²) in [7, 11) is 1.69. The van der Waals surface area contributed by atoms with E-state index in [4.69, 9.17) is 19.3 Å². The van der Waals surface area contributed by atoms with Crippen molar-refractivity contribution in [2.24, 2.45) is 0 Å². The van der Waals surface area contributed by atoms with Gasteiger partial charge >= 0.3 is 0 Å². The van der Waals surface area contributed by atoms with E-state index >= 15 is 0 Å². The molecule has 1 saturated heterocycles. The molecule has 4 rings (SSSR count). The highest BCUT2D eigenvalue weighted by atomic mass is 79.9. The van der Waals surface area contributed by atoms with Gasteiger partial charge in [-0.25, -0.2) is 9.97 Å². The molecule has 0 aromatic carbocycles. The number of nitrogens with zero attached hydrogens (tertiary/aromatic N) is 5. The Balaban J connectivity index is 1.42. The van der Waals surface area contributed by atoms with Crippen LogP contribution in [-0.4, -0.2) is 77.3 Å². The van der Waals surface area contributed by atoms with Gasteiger partial charge in [0.1, 0.15) is 10.3 Å². The Labute approximate surface area is 191 Å². The fourth-order valence-corrected chi connectivity index (χ4v) is 4.56. The molecule has 170 valence electrons. The number of rotatable bonds is 9. The molecule has 9 nitrogen and oxygen atoms in total. The van der Waals surface area contributed by atoms with Crippen LogP contribution in [0.4, 0.5) is 11.6 Å². The van der Waals surface area contributed by atoms with Crippen molar-refractivity contribution in [3.63, 3.8) is 0 Å². The number of methoxy groups -OCH3 is 1. The van der Waals surface area contributed by atoms with Crippen LogP contribution in [-0.2, 0) is 9.47 Å². The molecule has 2 aromatic rings. The summed E-state index contributed by atoms with van der Waals surface area (Å²) in [6.45, 7) is 5.02. The Kier molecular flexibility index (Phi) is 8.12. The highest BCUT2D eigenvalue weighted by Gasteiger charge is 2.29. The first-order valence-electron chi connectivity index (χ1n) is 11.0. The highest BCUT2D eigenvalue weighted by Crippen LogP contribution is 2.34. The zero-order valence-corrected chi connectivity index (χ0v) is 19.6. The summed E-state index contributed by atoms with van der Waals surface area (Å²) in [6, 6.07) is 2.83. The molecule has 1 aliphatic heterocycles. The predicted octanol–water partition coefficient (Wildman–Crippen LogP) is 3.41. The number of anilines is 2. The van der Waals surface area contributed by atoms with Crippen molar-refractivity contribution in [3.8, 4) is 5.88 Å². The maximum atomic E-state index is 5.97. The van der Waals surface area contributed by atoms with E-state index < -0.39 is 0 Å². The molecule has 1 saturated carbocycles. The van der Waals surface area contributed by atoms with E-state index in [1.807, 2.05) is 6.20 Å². The summed E-state index contributed by atoms with van der Waals surface area (Å²) in [4.78, 5) is 11.2. The van der Waals surface area contributed by atoms with Crippen molar-refractivity contribution in [1.82, 2.24) is 24.6 Å². The van der Waals surface area contributed by atoms with Gasteiger partial charge in [0, 0.05) is 45.5 Å². The lowest BCUT2D eigenvalue weighted by atomic mass is 9.90. The van der Waals surface area contributed by atoms with Gasteiger partial charge in [0.2, 0.25) is 5.95 Å². The van der Waals surface area contributed by atoms with E-state index in [9.17, 15) is 0 Å². The molecular weight excluding hydrogens is 464 g/mol. The average molecular weight is 495 g/mol. The zero-order chi connectivity index (χ0) is 21.5. The van der Waals surface area contributed by atoms with Crippen LogP contribution in [0.2, 0.25) is 0 Å². The number of ether oxygens (including phenoxy) is 3. The lowest BCUT2D eigenvalue weighted by Gasteiger charge is -2.38. The van der Waals surface area contributed by atoms with Gasteiger partial charge in [-0.3, -0.25) is 9.58 Å². The zero-order valence-electron chi connectivity index (χ0n) is 18.0. The molecule has 2 aromatic heterocycles. The van der Waals surface area contributed by atoms with Gasteiger partial charge < -0.3 is 19.5 Å². The van der Waals surface area contributed by atoms with E-state index in [0.717, 1.165) is 55.9 Å². The number of halogens is 1. The molecule has 2 aliphatic rings. The summed E-state index contributed by atoms with van der Waals surface area (Å²) in [5.74, 6) is 1.08. The molecule has 31 heavy (non-hydrogen) atoms. The molecule has 1 aliphatic carbocycles. The number of aromatic nitrogens is 4. The molecular formula is C21H31BrN6O3. The molecule has 0 atom stereocenters. The first-order chi connectivity index (χ1) is 15.2. The minimum atomic E-state index is 0.373. The van der Waals surface area contributed by atoms with Crippen molar-refractivity contribution in [2.75, 3.05) is 51.9 Å². The van der Waals surface area contributed by atoms with Crippen LogP contribution in [0.15, 0.2) is 23.1 Å². The van der Waals surface area contributed by atoms with Crippen LogP contribution >= 0.6 is 15.9 Å². The van der Waals surface area contributed by atoms with Gasteiger partial charge in [-0.1, -0.05) is 0 Å². The van der Waals surface area contributed by atoms with Gasteiger partial charge in [0.15, 0.2) is 0 Å². The lowest BCUT2D eigenvalue weighted by Crippen LogP contribution is -2.45. The van der Waals surface area contributed by atoms with Crippen LogP contribution in [0, 0.1) is 0 Å². The number of morpholine rings is 1. The minimum Gasteiger partial charge on any atom is -0.475 e. The first-order valence-corrected chi connectivity index (χ1v) is 11.8. The summed E-state index contributed by atoms with van der Waals surface area (Å²) >= 11 is 3.39. The van der Waals surface area contributed by atoms with E-state index in [1.165, 1.54) is 12.8 Å². The first kappa shape index (κ1) is 22.4. The minimum absolute atomic E-state index is 0.373. The molecule has 0 amide bonds. The predicted molar refractivity (Wildman–Crippen MR) is 121 cm³/mol. The normalized spacial score (nSPS) is 22.4. The molecule has 10 heteroatoms. The Bertz CT molecular complexity index is 821. The van der Waals surface area contributed by atoms with Gasteiger partial charge in [0.05, 0.1) is 32.1 Å². The monoisotopic (exact) mass is 494 g/mol. The SMILES string of the molecule is COCCCOc1nn(C2CCC(N3CCOCC3)CC2)cc1Nc1nccc(Br)n1. The third kappa shape index (κ3) is 6.15. The van der Waals surface area contributed by atoms with Crippen LogP contribution in [0.25, 0.3) is 0 Å². The topological polar surface area (TPSA) is 86.6 Å². The number of hydrogen-bond acceptors (Lipinski definition) is 8. The maximum absolute atomic E-state index is 5.97. The van der Waals surface area contributed by atoms with Gasteiger partial charge in [-0.15, -0.1) is 5.10 Å². The Hall–Kier alpha value is -1.75. The van der Waals surface area contributed by atoms with Crippen LogP contribution in [0.1, 0.15) is 38.1 Å². The van der Waals surface area contributed by atoms with Crippen molar-refractivity contribution in [3.05, 3.63) is 23.1 Å². The van der Waals surface area contributed by atoms with E-state index in [-0.39, 0.29) is 0 Å². The lowest BCUT2D eigenvalue weighted by molar-refractivity contribution is 0.00503. The summed E-state index contributed by atoms with van der Waals surface area (Å²) in [5.41, 5.74) is 0.783. The third-order valence-electron chi connectivity index (χ3n) is 5.90. The molecule has 3 heterocycles. The summed E-state index contributed by atoms with van der Waals surface area (Å²) in [5, 5.41) is 8.04. The fraction of sp³-hybridized carbons (Fsp3) is 0.667. The van der Waals surface area contributed by atoms with E-state index in [0.29, 0.717) is 37.1 Å². The third-order valence-corrected chi connectivity index (χ3v) is 6.34. The molecule has 0 spiro atoms. The second kappa shape index (κ2) is 11.2. The second-order valence-corrected chi connectivity index (χ2v) is 8.77.